The molecule has 0 aromatic heterocycles. The fourth-order valence-electron chi connectivity index (χ4n) is 3.01. The Morgan fingerprint density at radius 3 is 2.71 bits per heavy atom. The zero-order valence-corrected chi connectivity index (χ0v) is 11.1. The zero-order chi connectivity index (χ0) is 12.3. The molecule has 0 amide bonds. The van der Waals surface area contributed by atoms with Crippen molar-refractivity contribution in [3.05, 3.63) is 0 Å². The van der Waals surface area contributed by atoms with E-state index in [0.29, 0.717) is 30.1 Å². The van der Waals surface area contributed by atoms with Crippen molar-refractivity contribution in [3.8, 4) is 0 Å². The van der Waals surface area contributed by atoms with Gasteiger partial charge in [-0.1, -0.05) is 0 Å². The van der Waals surface area contributed by atoms with Crippen LogP contribution in [0.1, 0.15) is 32.1 Å². The van der Waals surface area contributed by atoms with Gasteiger partial charge < -0.3 is 10.5 Å². The molecular weight excluding hydrogens is 238 g/mol. The third-order valence-electron chi connectivity index (χ3n) is 4.12. The first kappa shape index (κ1) is 13.3. The molecular formula is C12H23NO3S. The molecule has 4 nitrogen and oxygen atoms in total. The molecule has 2 heterocycles. The first-order chi connectivity index (χ1) is 8.11. The van der Waals surface area contributed by atoms with Crippen LogP contribution in [0.2, 0.25) is 0 Å². The highest BCUT2D eigenvalue weighted by Gasteiger charge is 2.33. The number of sulfone groups is 1. The quantitative estimate of drug-likeness (QED) is 0.800. The van der Waals surface area contributed by atoms with Crippen molar-refractivity contribution in [1.29, 1.82) is 0 Å². The van der Waals surface area contributed by atoms with Crippen LogP contribution in [0, 0.1) is 11.8 Å². The van der Waals surface area contributed by atoms with E-state index in [0.717, 1.165) is 38.7 Å². The van der Waals surface area contributed by atoms with Gasteiger partial charge in [-0.25, -0.2) is 8.42 Å². The van der Waals surface area contributed by atoms with Crippen molar-refractivity contribution in [2.75, 3.05) is 24.7 Å². The molecule has 0 aliphatic carbocycles. The van der Waals surface area contributed by atoms with Crippen molar-refractivity contribution < 1.29 is 13.2 Å². The standard InChI is InChI=1S/C12H23NO3S/c13-8-10(3-4-12-2-1-6-16-12)11-5-7-17(14,15)9-11/h10-12H,1-9,13H2. The summed E-state index contributed by atoms with van der Waals surface area (Å²) in [6, 6.07) is 0. The van der Waals surface area contributed by atoms with Gasteiger partial charge in [0.1, 0.15) is 0 Å². The average Bonchev–Trinajstić information content (AvgIpc) is 2.89. The lowest BCUT2D eigenvalue weighted by atomic mass is 9.87. The van der Waals surface area contributed by atoms with Gasteiger partial charge in [-0.15, -0.1) is 0 Å². The SMILES string of the molecule is NCC(CCC1CCCO1)C1CCS(=O)(=O)C1. The van der Waals surface area contributed by atoms with E-state index >= 15 is 0 Å². The van der Waals surface area contributed by atoms with Crippen molar-refractivity contribution in [2.24, 2.45) is 17.6 Å². The number of nitrogens with two attached hydrogens (primary N) is 1. The molecule has 0 radical (unpaired) electrons. The maximum absolute atomic E-state index is 11.5. The second-order valence-corrected chi connectivity index (χ2v) is 7.60. The minimum atomic E-state index is -2.77. The zero-order valence-electron chi connectivity index (χ0n) is 10.3. The van der Waals surface area contributed by atoms with Gasteiger partial charge in [-0.3, -0.25) is 0 Å². The molecule has 3 atom stereocenters. The summed E-state index contributed by atoms with van der Waals surface area (Å²) in [5.74, 6) is 1.34. The molecule has 2 N–H and O–H groups in total. The average molecular weight is 261 g/mol. The molecule has 2 aliphatic rings. The molecule has 2 rings (SSSR count). The minimum Gasteiger partial charge on any atom is -0.378 e. The van der Waals surface area contributed by atoms with Crippen LogP contribution in [0.3, 0.4) is 0 Å². The van der Waals surface area contributed by atoms with E-state index in [1.807, 2.05) is 0 Å². The predicted molar refractivity (Wildman–Crippen MR) is 67.5 cm³/mol. The predicted octanol–water partition coefficient (Wildman–Crippen LogP) is 0.955. The van der Waals surface area contributed by atoms with Crippen LogP contribution in [0.5, 0.6) is 0 Å². The highest BCUT2D eigenvalue weighted by molar-refractivity contribution is 7.91. The van der Waals surface area contributed by atoms with Crippen LogP contribution in [-0.4, -0.2) is 39.2 Å². The van der Waals surface area contributed by atoms with Crippen molar-refractivity contribution in [2.45, 2.75) is 38.2 Å². The third kappa shape index (κ3) is 3.66. The number of ether oxygens (including phenoxy) is 1. The lowest BCUT2D eigenvalue weighted by Gasteiger charge is -2.22. The molecule has 17 heavy (non-hydrogen) atoms. The third-order valence-corrected chi connectivity index (χ3v) is 5.91. The Kier molecular flexibility index (Phi) is 4.44. The summed E-state index contributed by atoms with van der Waals surface area (Å²) in [6.45, 7) is 1.49. The molecule has 0 aromatic carbocycles. The van der Waals surface area contributed by atoms with Crippen LogP contribution < -0.4 is 5.73 Å². The van der Waals surface area contributed by atoms with Crippen LogP contribution in [0.4, 0.5) is 0 Å². The molecule has 0 spiro atoms. The number of hydrogen-bond acceptors (Lipinski definition) is 4. The Hall–Kier alpha value is -0.130. The summed E-state index contributed by atoms with van der Waals surface area (Å²) in [5, 5.41) is 0. The lowest BCUT2D eigenvalue weighted by molar-refractivity contribution is 0.0957. The lowest BCUT2D eigenvalue weighted by Crippen LogP contribution is -2.25. The molecule has 0 saturated carbocycles. The Morgan fingerprint density at radius 1 is 1.35 bits per heavy atom. The van der Waals surface area contributed by atoms with E-state index in [9.17, 15) is 8.42 Å². The second-order valence-electron chi connectivity index (χ2n) is 5.37. The van der Waals surface area contributed by atoms with Gasteiger partial charge in [0.25, 0.3) is 0 Å². The van der Waals surface area contributed by atoms with Gasteiger partial charge in [-0.05, 0) is 50.5 Å². The van der Waals surface area contributed by atoms with Crippen molar-refractivity contribution >= 4 is 9.84 Å². The Balaban J connectivity index is 1.80. The number of rotatable bonds is 5. The Labute approximate surface area is 104 Å². The van der Waals surface area contributed by atoms with Crippen molar-refractivity contribution in [1.82, 2.24) is 0 Å². The van der Waals surface area contributed by atoms with E-state index in [1.54, 1.807) is 0 Å². The minimum absolute atomic E-state index is 0.284. The van der Waals surface area contributed by atoms with Gasteiger partial charge >= 0.3 is 0 Å². The van der Waals surface area contributed by atoms with E-state index < -0.39 is 9.84 Å². The molecule has 3 unspecified atom stereocenters. The highest BCUT2D eigenvalue weighted by atomic mass is 32.2. The Morgan fingerprint density at radius 2 is 2.18 bits per heavy atom. The monoisotopic (exact) mass is 261 g/mol. The van der Waals surface area contributed by atoms with Crippen LogP contribution in [0.15, 0.2) is 0 Å². The topological polar surface area (TPSA) is 69.4 Å². The number of hydrogen-bond donors (Lipinski definition) is 1. The highest BCUT2D eigenvalue weighted by Crippen LogP contribution is 2.30. The van der Waals surface area contributed by atoms with Gasteiger partial charge in [-0.2, -0.15) is 0 Å². The van der Waals surface area contributed by atoms with Crippen LogP contribution in [0.25, 0.3) is 0 Å². The van der Waals surface area contributed by atoms with Crippen LogP contribution >= 0.6 is 0 Å². The molecule has 0 aromatic rings. The normalized spacial score (nSPS) is 33.9. The molecule has 5 heteroatoms. The fourth-order valence-corrected chi connectivity index (χ4v) is 4.93. The van der Waals surface area contributed by atoms with E-state index in [2.05, 4.69) is 0 Å². The maximum atomic E-state index is 11.5. The first-order valence-corrected chi connectivity index (χ1v) is 8.45. The van der Waals surface area contributed by atoms with E-state index in [4.69, 9.17) is 10.5 Å². The smallest absolute Gasteiger partial charge is 0.150 e. The first-order valence-electron chi connectivity index (χ1n) is 6.63. The molecule has 2 fully saturated rings. The second kappa shape index (κ2) is 5.67. The van der Waals surface area contributed by atoms with Gasteiger partial charge in [0.15, 0.2) is 9.84 Å². The summed E-state index contributed by atoms with van der Waals surface area (Å²) in [7, 11) is -2.77. The summed E-state index contributed by atoms with van der Waals surface area (Å²) >= 11 is 0. The molecule has 2 saturated heterocycles. The summed E-state index contributed by atoms with van der Waals surface area (Å²) in [6.07, 6.45) is 5.56. The fraction of sp³-hybridized carbons (Fsp3) is 1.00. The van der Waals surface area contributed by atoms with Crippen molar-refractivity contribution in [3.63, 3.8) is 0 Å². The van der Waals surface area contributed by atoms with Gasteiger partial charge in [0.05, 0.1) is 17.6 Å². The summed E-state index contributed by atoms with van der Waals surface area (Å²) in [4.78, 5) is 0. The molecule has 100 valence electrons. The summed E-state index contributed by atoms with van der Waals surface area (Å²) in [5.41, 5.74) is 5.79. The largest absolute Gasteiger partial charge is 0.378 e. The van der Waals surface area contributed by atoms with E-state index in [-0.39, 0.29) is 5.92 Å². The van der Waals surface area contributed by atoms with E-state index in [1.165, 1.54) is 0 Å². The molecule has 2 aliphatic heterocycles. The van der Waals surface area contributed by atoms with Crippen LogP contribution in [-0.2, 0) is 14.6 Å². The summed E-state index contributed by atoms with van der Waals surface area (Å²) < 4.78 is 28.5. The van der Waals surface area contributed by atoms with Gasteiger partial charge in [0, 0.05) is 6.61 Å². The van der Waals surface area contributed by atoms with Gasteiger partial charge in [0.2, 0.25) is 0 Å². The Bertz CT molecular complexity index is 336. The molecule has 0 bridgehead atoms. The maximum Gasteiger partial charge on any atom is 0.150 e.